The molecule has 4 nitrogen and oxygen atoms in total. The second-order valence-electron chi connectivity index (χ2n) is 4.69. The maximum absolute atomic E-state index is 11.4. The van der Waals surface area contributed by atoms with Crippen molar-refractivity contribution in [3.05, 3.63) is 23.9 Å². The molecule has 1 fully saturated rings. The number of nitrogens with zero attached hydrogens (tertiary/aromatic N) is 1. The first-order valence-corrected chi connectivity index (χ1v) is 6.04. The Labute approximate surface area is 101 Å². The molecule has 0 saturated heterocycles. The van der Waals surface area contributed by atoms with Crippen LogP contribution in [0.5, 0.6) is 0 Å². The van der Waals surface area contributed by atoms with E-state index in [4.69, 9.17) is 4.74 Å². The highest BCUT2D eigenvalue weighted by Crippen LogP contribution is 2.34. The molecule has 0 aromatic carbocycles. The molecular weight excluding hydrogens is 216 g/mol. The van der Waals surface area contributed by atoms with E-state index in [1.54, 1.807) is 19.2 Å². The summed E-state index contributed by atoms with van der Waals surface area (Å²) < 4.78 is 4.90. The Kier molecular flexibility index (Phi) is 3.31. The van der Waals surface area contributed by atoms with Crippen LogP contribution in [0.4, 0.5) is 5.82 Å². The summed E-state index contributed by atoms with van der Waals surface area (Å²) in [6.45, 7) is 4.37. The van der Waals surface area contributed by atoms with Gasteiger partial charge in [-0.1, -0.05) is 0 Å². The zero-order chi connectivity index (χ0) is 12.3. The zero-order valence-electron chi connectivity index (χ0n) is 10.3. The Morgan fingerprint density at radius 2 is 2.29 bits per heavy atom. The van der Waals surface area contributed by atoms with Gasteiger partial charge in [-0.3, -0.25) is 0 Å². The highest BCUT2D eigenvalue weighted by Gasteiger charge is 2.31. The van der Waals surface area contributed by atoms with Gasteiger partial charge in [-0.25, -0.2) is 9.78 Å². The number of carbonyl (C=O) groups excluding carboxylic acids is 1. The Balaban J connectivity index is 2.00. The Morgan fingerprint density at radius 3 is 2.76 bits per heavy atom. The van der Waals surface area contributed by atoms with Gasteiger partial charge in [0.1, 0.15) is 5.82 Å². The van der Waals surface area contributed by atoms with Crippen molar-refractivity contribution in [3.8, 4) is 0 Å². The number of anilines is 1. The number of aromatic nitrogens is 1. The lowest BCUT2D eigenvalue weighted by molar-refractivity contribution is 0.0526. The summed E-state index contributed by atoms with van der Waals surface area (Å²) in [5, 5.41) is 3.39. The number of carbonyl (C=O) groups is 1. The van der Waals surface area contributed by atoms with Gasteiger partial charge >= 0.3 is 5.97 Å². The third kappa shape index (κ3) is 2.75. The van der Waals surface area contributed by atoms with Gasteiger partial charge in [0.15, 0.2) is 0 Å². The average Bonchev–Trinajstić information content (AvgIpc) is 2.28. The topological polar surface area (TPSA) is 51.2 Å². The molecule has 0 aliphatic heterocycles. The fourth-order valence-electron chi connectivity index (χ4n) is 1.94. The van der Waals surface area contributed by atoms with Crippen molar-refractivity contribution in [2.75, 3.05) is 11.9 Å². The van der Waals surface area contributed by atoms with Crippen LogP contribution in [0.1, 0.15) is 43.5 Å². The van der Waals surface area contributed by atoms with Crippen LogP contribution in [0.25, 0.3) is 0 Å². The van der Waals surface area contributed by atoms with Crippen LogP contribution in [0.3, 0.4) is 0 Å². The summed E-state index contributed by atoms with van der Waals surface area (Å²) in [5.74, 6) is 0.502. The average molecular weight is 234 g/mol. The Hall–Kier alpha value is -1.58. The second-order valence-corrected chi connectivity index (χ2v) is 4.69. The molecule has 0 unspecified atom stereocenters. The molecule has 0 spiro atoms. The number of rotatable bonds is 4. The third-order valence-electron chi connectivity index (χ3n) is 3.16. The summed E-state index contributed by atoms with van der Waals surface area (Å²) >= 11 is 0. The smallest absolute Gasteiger partial charge is 0.339 e. The van der Waals surface area contributed by atoms with E-state index >= 15 is 0 Å². The van der Waals surface area contributed by atoms with Crippen LogP contribution < -0.4 is 5.32 Å². The van der Waals surface area contributed by atoms with Gasteiger partial charge < -0.3 is 10.1 Å². The number of ether oxygens (including phenoxy) is 1. The van der Waals surface area contributed by atoms with Crippen molar-refractivity contribution < 1.29 is 9.53 Å². The van der Waals surface area contributed by atoms with Crippen molar-refractivity contribution in [1.29, 1.82) is 0 Å². The largest absolute Gasteiger partial charge is 0.462 e. The molecule has 1 aromatic rings. The van der Waals surface area contributed by atoms with Crippen molar-refractivity contribution in [2.24, 2.45) is 0 Å². The highest BCUT2D eigenvalue weighted by atomic mass is 16.5. The van der Waals surface area contributed by atoms with Gasteiger partial charge in [-0.15, -0.1) is 0 Å². The zero-order valence-corrected chi connectivity index (χ0v) is 10.3. The summed E-state index contributed by atoms with van der Waals surface area (Å²) in [5.41, 5.74) is 0.675. The van der Waals surface area contributed by atoms with E-state index in [0.29, 0.717) is 12.2 Å². The van der Waals surface area contributed by atoms with Gasteiger partial charge in [0, 0.05) is 11.7 Å². The molecule has 0 atom stereocenters. The molecule has 1 aliphatic rings. The van der Waals surface area contributed by atoms with Crippen molar-refractivity contribution in [1.82, 2.24) is 4.98 Å². The minimum atomic E-state index is -0.318. The molecule has 1 aliphatic carbocycles. The number of esters is 1. The fraction of sp³-hybridized carbons (Fsp3) is 0.538. The summed E-state index contributed by atoms with van der Waals surface area (Å²) in [4.78, 5) is 15.7. The van der Waals surface area contributed by atoms with E-state index in [0.717, 1.165) is 5.82 Å². The van der Waals surface area contributed by atoms with Crippen LogP contribution in [0.15, 0.2) is 18.3 Å². The van der Waals surface area contributed by atoms with Crippen LogP contribution in [0, 0.1) is 0 Å². The fourth-order valence-corrected chi connectivity index (χ4v) is 1.94. The molecule has 1 N–H and O–H groups in total. The predicted octanol–water partition coefficient (Wildman–Crippen LogP) is 2.61. The molecule has 1 saturated carbocycles. The van der Waals surface area contributed by atoms with Gasteiger partial charge in [-0.05, 0) is 45.2 Å². The van der Waals surface area contributed by atoms with Gasteiger partial charge in [0.2, 0.25) is 0 Å². The molecule has 4 heteroatoms. The Morgan fingerprint density at radius 1 is 1.53 bits per heavy atom. The molecule has 1 aromatic heterocycles. The lowest BCUT2D eigenvalue weighted by atomic mass is 9.78. The van der Waals surface area contributed by atoms with Gasteiger partial charge in [-0.2, -0.15) is 0 Å². The maximum atomic E-state index is 11.4. The quantitative estimate of drug-likeness (QED) is 0.814. The van der Waals surface area contributed by atoms with Crippen LogP contribution >= 0.6 is 0 Å². The minimum absolute atomic E-state index is 0.179. The van der Waals surface area contributed by atoms with Crippen molar-refractivity contribution in [3.63, 3.8) is 0 Å². The molecule has 0 bridgehead atoms. The Bertz CT molecular complexity index is 396. The van der Waals surface area contributed by atoms with E-state index in [2.05, 4.69) is 17.2 Å². The molecule has 17 heavy (non-hydrogen) atoms. The number of hydrogen-bond donors (Lipinski definition) is 1. The number of nitrogens with one attached hydrogen (secondary N) is 1. The molecule has 1 heterocycles. The van der Waals surface area contributed by atoms with E-state index in [1.807, 2.05) is 6.07 Å². The molecule has 92 valence electrons. The van der Waals surface area contributed by atoms with Gasteiger partial charge in [0.25, 0.3) is 0 Å². The second kappa shape index (κ2) is 4.73. The predicted molar refractivity (Wildman–Crippen MR) is 66.1 cm³/mol. The molecule has 0 amide bonds. The first-order valence-electron chi connectivity index (χ1n) is 6.04. The minimum Gasteiger partial charge on any atom is -0.462 e. The van der Waals surface area contributed by atoms with E-state index < -0.39 is 0 Å². The normalized spacial score (nSPS) is 17.1. The standard InChI is InChI=1S/C13H18N2O2/c1-3-17-12(16)10-5-6-11(14-9-10)15-13(2)7-4-8-13/h5-6,9H,3-4,7-8H2,1-2H3,(H,14,15). The SMILES string of the molecule is CCOC(=O)c1ccc(NC2(C)CCC2)nc1. The van der Waals surface area contributed by atoms with E-state index in [1.165, 1.54) is 19.3 Å². The lowest BCUT2D eigenvalue weighted by Gasteiger charge is -2.39. The lowest BCUT2D eigenvalue weighted by Crippen LogP contribution is -2.41. The van der Waals surface area contributed by atoms with Crippen molar-refractivity contribution >= 4 is 11.8 Å². The highest BCUT2D eigenvalue weighted by molar-refractivity contribution is 5.89. The van der Waals surface area contributed by atoms with E-state index in [-0.39, 0.29) is 11.5 Å². The van der Waals surface area contributed by atoms with Crippen LogP contribution in [-0.4, -0.2) is 23.1 Å². The summed E-state index contributed by atoms with van der Waals surface area (Å²) in [7, 11) is 0. The maximum Gasteiger partial charge on any atom is 0.339 e. The van der Waals surface area contributed by atoms with Gasteiger partial charge in [0.05, 0.1) is 12.2 Å². The van der Waals surface area contributed by atoms with Crippen LogP contribution in [-0.2, 0) is 4.74 Å². The molecular formula is C13H18N2O2. The van der Waals surface area contributed by atoms with Crippen molar-refractivity contribution in [2.45, 2.75) is 38.6 Å². The summed E-state index contributed by atoms with van der Waals surface area (Å²) in [6.07, 6.45) is 5.18. The third-order valence-corrected chi connectivity index (χ3v) is 3.16. The number of pyridine rings is 1. The molecule has 2 rings (SSSR count). The van der Waals surface area contributed by atoms with Crippen LogP contribution in [0.2, 0.25) is 0 Å². The first-order chi connectivity index (χ1) is 8.13. The molecule has 0 radical (unpaired) electrons. The first kappa shape index (κ1) is 11.9. The van der Waals surface area contributed by atoms with E-state index in [9.17, 15) is 4.79 Å². The number of hydrogen-bond acceptors (Lipinski definition) is 4. The monoisotopic (exact) mass is 234 g/mol. The summed E-state index contributed by atoms with van der Waals surface area (Å²) in [6, 6.07) is 3.57.